The Morgan fingerprint density at radius 1 is 0.946 bits per heavy atom. The van der Waals surface area contributed by atoms with Crippen molar-refractivity contribution >= 4 is 28.4 Å². The second-order valence-electron chi connectivity index (χ2n) is 9.38. The van der Waals surface area contributed by atoms with Crippen LogP contribution in [0.1, 0.15) is 12.8 Å². The molecule has 8 heteroatoms. The van der Waals surface area contributed by atoms with Crippen LogP contribution in [-0.2, 0) is 4.79 Å². The normalized spacial score (nSPS) is 18.2. The molecule has 186 valence electrons. The summed E-state index contributed by atoms with van der Waals surface area (Å²) in [5, 5.41) is 3.48. The quantitative estimate of drug-likeness (QED) is 0.372. The van der Waals surface area contributed by atoms with Crippen LogP contribution in [0.2, 0.25) is 0 Å². The van der Waals surface area contributed by atoms with E-state index in [-0.39, 0.29) is 11.9 Å². The fourth-order valence-corrected chi connectivity index (χ4v) is 5.19. The van der Waals surface area contributed by atoms with E-state index in [0.29, 0.717) is 0 Å². The molecule has 6 rings (SSSR count). The van der Waals surface area contributed by atoms with E-state index in [9.17, 15) is 4.79 Å². The Balaban J connectivity index is 1.19. The maximum absolute atomic E-state index is 12.4. The molecule has 1 amide bonds. The van der Waals surface area contributed by atoms with Gasteiger partial charge in [0.2, 0.25) is 5.91 Å². The van der Waals surface area contributed by atoms with E-state index in [0.717, 1.165) is 65.8 Å². The summed E-state index contributed by atoms with van der Waals surface area (Å²) in [6.45, 7) is 1.65. The number of amides is 1. The first-order chi connectivity index (χ1) is 18.2. The minimum absolute atomic E-state index is 0.166. The van der Waals surface area contributed by atoms with Crippen LogP contribution in [0.3, 0.4) is 0 Å². The van der Waals surface area contributed by atoms with Crippen molar-refractivity contribution in [3.8, 4) is 11.5 Å². The van der Waals surface area contributed by atoms with Crippen molar-refractivity contribution in [1.82, 2.24) is 19.9 Å². The summed E-state index contributed by atoms with van der Waals surface area (Å²) < 4.78 is 0. The number of allylic oxidation sites excluding steroid dienone is 2. The van der Waals surface area contributed by atoms with Gasteiger partial charge in [-0.1, -0.05) is 48.6 Å². The highest BCUT2D eigenvalue weighted by atomic mass is 16.1. The third kappa shape index (κ3) is 4.65. The number of imidazole rings is 1. The Morgan fingerprint density at radius 3 is 2.51 bits per heavy atom. The number of aromatic amines is 1. The van der Waals surface area contributed by atoms with Gasteiger partial charge in [0.05, 0.1) is 11.0 Å². The van der Waals surface area contributed by atoms with Crippen molar-refractivity contribution in [3.05, 3.63) is 96.8 Å². The van der Waals surface area contributed by atoms with E-state index in [1.807, 2.05) is 91.0 Å². The first-order valence-corrected chi connectivity index (χ1v) is 12.6. The molecule has 2 aliphatic heterocycles. The number of aromatic nitrogens is 3. The zero-order valence-corrected chi connectivity index (χ0v) is 20.4. The number of rotatable bonds is 6. The average Bonchev–Trinajstić information content (AvgIpc) is 3.38. The summed E-state index contributed by atoms with van der Waals surface area (Å²) in [4.78, 5) is 29.8. The molecule has 0 saturated carbocycles. The Morgan fingerprint density at radius 2 is 1.73 bits per heavy atom. The fourth-order valence-electron chi connectivity index (χ4n) is 5.19. The van der Waals surface area contributed by atoms with Crippen molar-refractivity contribution in [2.75, 3.05) is 23.3 Å². The summed E-state index contributed by atoms with van der Waals surface area (Å²) >= 11 is 0. The van der Waals surface area contributed by atoms with Gasteiger partial charge in [0.1, 0.15) is 23.4 Å². The van der Waals surface area contributed by atoms with E-state index >= 15 is 0 Å². The van der Waals surface area contributed by atoms with Crippen LogP contribution in [-0.4, -0.2) is 50.9 Å². The zero-order chi connectivity index (χ0) is 25.2. The largest absolute Gasteiger partial charge is 0.368 e. The molecule has 4 N–H and O–H groups in total. The van der Waals surface area contributed by atoms with Crippen LogP contribution < -0.4 is 16.0 Å². The maximum Gasteiger partial charge on any atom is 0.244 e. The number of hydrogen-bond donors (Lipinski definition) is 3. The van der Waals surface area contributed by atoms with E-state index in [1.165, 1.54) is 0 Å². The molecule has 1 unspecified atom stereocenters. The number of piperidine rings is 1. The van der Waals surface area contributed by atoms with Crippen LogP contribution in [0.15, 0.2) is 96.8 Å². The first-order valence-electron chi connectivity index (χ1n) is 12.6. The van der Waals surface area contributed by atoms with Gasteiger partial charge in [-0.25, -0.2) is 9.97 Å². The molecule has 1 saturated heterocycles. The number of nitrogens with one attached hydrogen (secondary N) is 2. The van der Waals surface area contributed by atoms with Crippen molar-refractivity contribution in [3.63, 3.8) is 0 Å². The van der Waals surface area contributed by atoms with Gasteiger partial charge in [-0.3, -0.25) is 4.79 Å². The second-order valence-corrected chi connectivity index (χ2v) is 9.38. The molecular formula is C29H29N7O. The van der Waals surface area contributed by atoms with E-state index in [2.05, 4.69) is 20.1 Å². The number of primary amides is 1. The third-order valence-corrected chi connectivity index (χ3v) is 7.01. The van der Waals surface area contributed by atoms with Crippen LogP contribution in [0, 0.1) is 0 Å². The van der Waals surface area contributed by atoms with Gasteiger partial charge in [-0.05, 0) is 55.3 Å². The average molecular weight is 492 g/mol. The smallest absolute Gasteiger partial charge is 0.244 e. The fraction of sp³-hybridized carbons (Fsp3) is 0.207. The molecule has 0 aliphatic carbocycles. The van der Waals surface area contributed by atoms with Crippen molar-refractivity contribution < 1.29 is 4.79 Å². The highest BCUT2D eigenvalue weighted by molar-refractivity contribution is 5.83. The van der Waals surface area contributed by atoms with Gasteiger partial charge in [0.15, 0.2) is 5.82 Å². The predicted octanol–water partition coefficient (Wildman–Crippen LogP) is 4.27. The maximum atomic E-state index is 12.4. The van der Waals surface area contributed by atoms with Crippen LogP contribution in [0.25, 0.3) is 22.6 Å². The molecule has 2 aromatic carbocycles. The minimum atomic E-state index is -0.484. The Bertz CT molecular complexity index is 1430. The van der Waals surface area contributed by atoms with E-state index in [4.69, 9.17) is 15.7 Å². The third-order valence-electron chi connectivity index (χ3n) is 7.01. The van der Waals surface area contributed by atoms with Crippen molar-refractivity contribution in [1.29, 1.82) is 0 Å². The Labute approximate surface area is 215 Å². The number of H-pyrrole nitrogens is 1. The van der Waals surface area contributed by atoms with Crippen LogP contribution in [0.5, 0.6) is 0 Å². The van der Waals surface area contributed by atoms with Gasteiger partial charge >= 0.3 is 0 Å². The number of hydrogen-bond acceptors (Lipinski definition) is 6. The van der Waals surface area contributed by atoms with Gasteiger partial charge in [0, 0.05) is 24.8 Å². The van der Waals surface area contributed by atoms with Gasteiger partial charge in [0.25, 0.3) is 0 Å². The molecule has 2 aliphatic rings. The van der Waals surface area contributed by atoms with Crippen molar-refractivity contribution in [2.45, 2.75) is 24.9 Å². The van der Waals surface area contributed by atoms with Gasteiger partial charge in [-0.2, -0.15) is 0 Å². The van der Waals surface area contributed by atoms with E-state index < -0.39 is 6.04 Å². The topological polar surface area (TPSA) is 103 Å². The molecule has 0 bridgehead atoms. The number of nitrogens with zero attached hydrogens (tertiary/aromatic N) is 4. The number of para-hydroxylation sites is 3. The molecular weight excluding hydrogens is 462 g/mol. The number of fused-ring (bicyclic) bond motifs is 1. The molecule has 4 aromatic rings. The summed E-state index contributed by atoms with van der Waals surface area (Å²) in [7, 11) is 0. The predicted molar refractivity (Wildman–Crippen MR) is 147 cm³/mol. The number of benzene rings is 2. The van der Waals surface area contributed by atoms with Gasteiger partial charge < -0.3 is 25.8 Å². The molecule has 4 heterocycles. The summed E-state index contributed by atoms with van der Waals surface area (Å²) in [5.74, 6) is 2.24. The Hall–Kier alpha value is -4.59. The minimum Gasteiger partial charge on any atom is -0.368 e. The lowest BCUT2D eigenvalue weighted by atomic mass is 9.99. The number of nitrogens with two attached hydrogens (primary N) is 1. The SMILES string of the molecule is NC(=O)C1C=CC=C(Nc2ccccc2)N1C1CCN(c2cccc(-c3nc4ccccc4[nH]3)n2)CC1. The molecule has 0 spiro atoms. The van der Waals surface area contributed by atoms with E-state index in [1.54, 1.807) is 0 Å². The number of anilines is 2. The summed E-state index contributed by atoms with van der Waals surface area (Å²) in [6.07, 6.45) is 7.55. The monoisotopic (exact) mass is 491 g/mol. The number of carbonyl (C=O) groups is 1. The summed E-state index contributed by atoms with van der Waals surface area (Å²) in [6, 6.07) is 23.7. The summed E-state index contributed by atoms with van der Waals surface area (Å²) in [5.41, 5.74) is 9.54. The van der Waals surface area contributed by atoms with Crippen molar-refractivity contribution in [2.24, 2.45) is 5.73 Å². The highest BCUT2D eigenvalue weighted by Crippen LogP contribution is 2.29. The van der Waals surface area contributed by atoms with Crippen LogP contribution in [0.4, 0.5) is 11.5 Å². The lowest BCUT2D eigenvalue weighted by Gasteiger charge is -2.44. The molecule has 2 aromatic heterocycles. The zero-order valence-electron chi connectivity index (χ0n) is 20.4. The van der Waals surface area contributed by atoms with Gasteiger partial charge in [-0.15, -0.1) is 0 Å². The number of carbonyl (C=O) groups excluding carboxylic acids is 1. The van der Waals surface area contributed by atoms with Crippen LogP contribution >= 0.6 is 0 Å². The lowest BCUT2D eigenvalue weighted by Crippen LogP contribution is -2.54. The Kier molecular flexibility index (Phi) is 6.06. The lowest BCUT2D eigenvalue weighted by molar-refractivity contribution is -0.121. The molecule has 1 fully saturated rings. The molecule has 8 nitrogen and oxygen atoms in total. The number of pyridine rings is 1. The first kappa shape index (κ1) is 22.8. The second kappa shape index (κ2) is 9.81. The molecule has 37 heavy (non-hydrogen) atoms. The highest BCUT2D eigenvalue weighted by Gasteiger charge is 2.34. The molecule has 1 atom stereocenters. The molecule has 0 radical (unpaired) electrons. The standard InChI is InChI=1S/C29H29N7O/c30-28(37)25-13-7-15-27(31-20-8-2-1-3-9-20)36(25)21-16-18-35(19-17-21)26-14-6-12-24(32-26)29-33-22-10-4-5-11-23(22)34-29/h1-15,21,25,31H,16-19H2,(H2,30,37)(H,33,34).